The van der Waals surface area contributed by atoms with Crippen LogP contribution in [0.25, 0.3) is 33.3 Å². The Morgan fingerprint density at radius 2 is 2.00 bits per heavy atom. The third kappa shape index (κ3) is 2.68. The normalized spacial score (nSPS) is 18.7. The minimum absolute atomic E-state index is 0.137. The van der Waals surface area contributed by atoms with Gasteiger partial charge in [-0.05, 0) is 59.5 Å². The van der Waals surface area contributed by atoms with E-state index in [2.05, 4.69) is 59.8 Å². The van der Waals surface area contributed by atoms with Gasteiger partial charge < -0.3 is 10.1 Å². The van der Waals surface area contributed by atoms with Gasteiger partial charge in [0.15, 0.2) is 0 Å². The molecule has 1 aliphatic carbocycles. The number of carbonyl (C=O) groups is 1. The Morgan fingerprint density at radius 1 is 1.15 bits per heavy atom. The van der Waals surface area contributed by atoms with Gasteiger partial charge in [0.25, 0.3) is 0 Å². The molecule has 2 heterocycles. The number of benzene rings is 2. The van der Waals surface area contributed by atoms with Gasteiger partial charge in [0.2, 0.25) is 0 Å². The standard InChI is InChI=1S/C23H19NO2S/c1-13-16(9-10-27-13)21-17-7-2-3-8-20(17)24-22(21)15-6-4-5-14(11-15)18-12-19(18)23(25)26/h2-11,18-19,24H,12H2,1H3,(H,25,26). The SMILES string of the molecule is Cc1sccc1-c1c(-c2cccc(C3CC3C(=O)O)c2)[nH]c2ccccc12. The lowest BCUT2D eigenvalue weighted by molar-refractivity contribution is -0.138. The molecule has 1 fully saturated rings. The molecule has 134 valence electrons. The molecule has 5 rings (SSSR count). The lowest BCUT2D eigenvalue weighted by Gasteiger charge is -2.08. The summed E-state index contributed by atoms with van der Waals surface area (Å²) in [6.45, 7) is 2.16. The van der Waals surface area contributed by atoms with Crippen molar-refractivity contribution < 1.29 is 9.90 Å². The zero-order chi connectivity index (χ0) is 18.5. The van der Waals surface area contributed by atoms with Crippen molar-refractivity contribution >= 4 is 28.2 Å². The molecule has 0 amide bonds. The maximum Gasteiger partial charge on any atom is 0.307 e. The van der Waals surface area contributed by atoms with Crippen LogP contribution in [0.1, 0.15) is 22.8 Å². The molecule has 2 aromatic heterocycles. The number of carboxylic acids is 1. The van der Waals surface area contributed by atoms with E-state index in [1.807, 2.05) is 12.1 Å². The van der Waals surface area contributed by atoms with Gasteiger partial charge in [-0.2, -0.15) is 0 Å². The number of aromatic nitrogens is 1. The zero-order valence-corrected chi connectivity index (χ0v) is 15.7. The highest BCUT2D eigenvalue weighted by Gasteiger charge is 2.44. The third-order valence-electron chi connectivity index (χ3n) is 5.55. The van der Waals surface area contributed by atoms with E-state index in [0.29, 0.717) is 0 Å². The van der Waals surface area contributed by atoms with Crippen molar-refractivity contribution in [2.45, 2.75) is 19.3 Å². The van der Waals surface area contributed by atoms with E-state index in [-0.39, 0.29) is 11.8 Å². The van der Waals surface area contributed by atoms with Crippen LogP contribution in [0.15, 0.2) is 60.0 Å². The van der Waals surface area contributed by atoms with E-state index in [1.165, 1.54) is 21.4 Å². The summed E-state index contributed by atoms with van der Waals surface area (Å²) in [6.07, 6.45) is 0.738. The maximum absolute atomic E-state index is 11.3. The van der Waals surface area contributed by atoms with E-state index in [9.17, 15) is 9.90 Å². The maximum atomic E-state index is 11.3. The summed E-state index contributed by atoms with van der Waals surface area (Å²) in [5.74, 6) is -0.787. The molecular weight excluding hydrogens is 354 g/mol. The van der Waals surface area contributed by atoms with Crippen LogP contribution < -0.4 is 0 Å². The number of hydrogen-bond acceptors (Lipinski definition) is 2. The van der Waals surface area contributed by atoms with Crippen molar-refractivity contribution in [1.29, 1.82) is 0 Å². The number of para-hydroxylation sites is 1. The quantitative estimate of drug-likeness (QED) is 0.457. The van der Waals surface area contributed by atoms with Crippen LogP contribution in [0.2, 0.25) is 0 Å². The van der Waals surface area contributed by atoms with E-state index < -0.39 is 5.97 Å². The molecule has 4 heteroatoms. The van der Waals surface area contributed by atoms with E-state index in [4.69, 9.17) is 0 Å². The summed E-state index contributed by atoms with van der Waals surface area (Å²) in [6, 6.07) is 18.9. The summed E-state index contributed by atoms with van der Waals surface area (Å²) >= 11 is 1.76. The molecule has 0 radical (unpaired) electrons. The Bertz CT molecular complexity index is 1170. The number of thiophene rings is 1. The predicted molar refractivity (Wildman–Crippen MR) is 110 cm³/mol. The number of aliphatic carboxylic acids is 1. The first kappa shape index (κ1) is 16.3. The first-order chi connectivity index (χ1) is 13.1. The van der Waals surface area contributed by atoms with Crippen LogP contribution in [-0.4, -0.2) is 16.1 Å². The van der Waals surface area contributed by atoms with Crippen molar-refractivity contribution in [3.63, 3.8) is 0 Å². The van der Waals surface area contributed by atoms with Crippen molar-refractivity contribution in [3.05, 3.63) is 70.4 Å². The summed E-state index contributed by atoms with van der Waals surface area (Å²) < 4.78 is 0. The number of rotatable bonds is 4. The third-order valence-corrected chi connectivity index (χ3v) is 6.39. The Hall–Kier alpha value is -2.85. The van der Waals surface area contributed by atoms with Gasteiger partial charge in [-0.3, -0.25) is 4.79 Å². The Labute approximate surface area is 161 Å². The van der Waals surface area contributed by atoms with Gasteiger partial charge in [0.05, 0.1) is 11.6 Å². The van der Waals surface area contributed by atoms with Crippen molar-refractivity contribution in [2.24, 2.45) is 5.92 Å². The second kappa shape index (κ2) is 6.10. The molecule has 0 saturated heterocycles. The first-order valence-electron chi connectivity index (χ1n) is 9.12. The summed E-state index contributed by atoms with van der Waals surface area (Å²) in [4.78, 5) is 16.2. The molecule has 27 heavy (non-hydrogen) atoms. The number of aromatic amines is 1. The molecule has 1 saturated carbocycles. The Balaban J connectivity index is 1.68. The summed E-state index contributed by atoms with van der Waals surface area (Å²) in [5, 5.41) is 12.6. The number of hydrogen-bond donors (Lipinski definition) is 2. The van der Waals surface area contributed by atoms with Crippen molar-refractivity contribution in [2.75, 3.05) is 0 Å². The average Bonchev–Trinajstić information content (AvgIpc) is 3.25. The van der Waals surface area contributed by atoms with Crippen molar-refractivity contribution in [1.82, 2.24) is 4.98 Å². The van der Waals surface area contributed by atoms with Crippen LogP contribution >= 0.6 is 11.3 Å². The molecule has 0 aliphatic heterocycles. The number of carboxylic acid groups (broad SMARTS) is 1. The molecule has 1 aliphatic rings. The highest BCUT2D eigenvalue weighted by molar-refractivity contribution is 7.10. The predicted octanol–water partition coefficient (Wildman–Crippen LogP) is 6.06. The second-order valence-electron chi connectivity index (χ2n) is 7.22. The van der Waals surface area contributed by atoms with Crippen LogP contribution in [0, 0.1) is 12.8 Å². The molecule has 2 atom stereocenters. The van der Waals surface area contributed by atoms with Crippen LogP contribution in [-0.2, 0) is 4.79 Å². The number of nitrogens with one attached hydrogen (secondary N) is 1. The van der Waals surface area contributed by atoms with Crippen LogP contribution in [0.3, 0.4) is 0 Å². The van der Waals surface area contributed by atoms with Crippen LogP contribution in [0.4, 0.5) is 0 Å². The first-order valence-corrected chi connectivity index (χ1v) is 10.00. The molecule has 2 unspecified atom stereocenters. The fourth-order valence-corrected chi connectivity index (χ4v) is 4.75. The van der Waals surface area contributed by atoms with Gasteiger partial charge in [-0.15, -0.1) is 11.3 Å². The molecule has 0 bridgehead atoms. The highest BCUT2D eigenvalue weighted by atomic mass is 32.1. The number of H-pyrrole nitrogens is 1. The van der Waals surface area contributed by atoms with E-state index in [1.54, 1.807) is 11.3 Å². The average molecular weight is 373 g/mol. The van der Waals surface area contributed by atoms with Gasteiger partial charge in [-0.1, -0.05) is 36.4 Å². The van der Waals surface area contributed by atoms with Gasteiger partial charge in [0, 0.05) is 21.3 Å². The summed E-state index contributed by atoms with van der Waals surface area (Å²) in [7, 11) is 0. The molecule has 3 nitrogen and oxygen atoms in total. The minimum Gasteiger partial charge on any atom is -0.481 e. The van der Waals surface area contributed by atoms with E-state index >= 15 is 0 Å². The second-order valence-corrected chi connectivity index (χ2v) is 8.34. The zero-order valence-electron chi connectivity index (χ0n) is 14.9. The van der Waals surface area contributed by atoms with Gasteiger partial charge in [-0.25, -0.2) is 0 Å². The molecular formula is C23H19NO2S. The fourth-order valence-electron chi connectivity index (χ4n) is 4.04. The lowest BCUT2D eigenvalue weighted by atomic mass is 9.97. The van der Waals surface area contributed by atoms with Gasteiger partial charge >= 0.3 is 5.97 Å². The summed E-state index contributed by atoms with van der Waals surface area (Å²) in [5.41, 5.74) is 6.94. The molecule has 4 aromatic rings. The monoisotopic (exact) mass is 373 g/mol. The van der Waals surface area contributed by atoms with Crippen LogP contribution in [0.5, 0.6) is 0 Å². The highest BCUT2D eigenvalue weighted by Crippen LogP contribution is 2.49. The smallest absolute Gasteiger partial charge is 0.307 e. The molecule has 2 N–H and O–H groups in total. The number of aryl methyl sites for hydroxylation is 1. The Morgan fingerprint density at radius 3 is 2.74 bits per heavy atom. The fraction of sp³-hybridized carbons (Fsp3) is 0.174. The van der Waals surface area contributed by atoms with Crippen molar-refractivity contribution in [3.8, 4) is 22.4 Å². The minimum atomic E-state index is -0.689. The van der Waals surface area contributed by atoms with Gasteiger partial charge in [0.1, 0.15) is 0 Å². The largest absolute Gasteiger partial charge is 0.481 e. The topological polar surface area (TPSA) is 53.1 Å². The molecule has 2 aromatic carbocycles. The number of fused-ring (bicyclic) bond motifs is 1. The lowest BCUT2D eigenvalue weighted by Crippen LogP contribution is -1.99. The Kier molecular flexibility index (Phi) is 3.69. The molecule has 0 spiro atoms. The van der Waals surface area contributed by atoms with E-state index in [0.717, 1.165) is 28.8 Å².